The van der Waals surface area contributed by atoms with Crippen molar-refractivity contribution >= 4 is 5.69 Å². The molecule has 0 fully saturated rings. The van der Waals surface area contributed by atoms with E-state index in [1.165, 1.54) is 36.0 Å². The first-order chi connectivity index (χ1) is 7.86. The Balaban J connectivity index is 2.18. The Morgan fingerprint density at radius 3 is 2.88 bits per heavy atom. The zero-order chi connectivity index (χ0) is 11.0. The number of H-pyrrole nitrogens is 1. The fraction of sp³-hybridized carbons (Fsp3) is 0.308. The number of nitrogens with one attached hydrogen (secondary N) is 1. The first-order valence-corrected chi connectivity index (χ1v) is 5.76. The molecular formula is C13H15N3. The summed E-state index contributed by atoms with van der Waals surface area (Å²) in [7, 11) is 0. The van der Waals surface area contributed by atoms with Crippen LogP contribution in [0.25, 0.3) is 11.3 Å². The van der Waals surface area contributed by atoms with Crippen LogP contribution in [0.1, 0.15) is 24.0 Å². The van der Waals surface area contributed by atoms with Crippen molar-refractivity contribution in [3.63, 3.8) is 0 Å². The molecule has 2 aromatic rings. The average Bonchev–Trinajstić information content (AvgIpc) is 2.75. The summed E-state index contributed by atoms with van der Waals surface area (Å²) < 4.78 is 0. The number of benzene rings is 1. The first kappa shape index (κ1) is 9.46. The standard InChI is InChI=1S/C13H15N3/c14-12-8-15-16-13(12)11-7-3-5-9-4-1-2-6-10(9)11/h3,5,7-8H,1-2,4,6,14H2,(H,15,16). The molecule has 0 unspecified atom stereocenters. The number of rotatable bonds is 1. The number of anilines is 1. The van der Waals surface area contributed by atoms with Crippen LogP contribution in [0.3, 0.4) is 0 Å². The molecule has 0 saturated heterocycles. The lowest BCUT2D eigenvalue weighted by Crippen LogP contribution is -2.04. The molecule has 3 N–H and O–H groups in total. The van der Waals surface area contributed by atoms with Crippen molar-refractivity contribution in [2.45, 2.75) is 25.7 Å². The van der Waals surface area contributed by atoms with Gasteiger partial charge in [0.25, 0.3) is 0 Å². The summed E-state index contributed by atoms with van der Waals surface area (Å²) in [4.78, 5) is 0. The van der Waals surface area contributed by atoms with E-state index in [1.54, 1.807) is 6.20 Å². The maximum atomic E-state index is 5.91. The summed E-state index contributed by atoms with van der Waals surface area (Å²) >= 11 is 0. The van der Waals surface area contributed by atoms with Crippen molar-refractivity contribution in [2.24, 2.45) is 0 Å². The van der Waals surface area contributed by atoms with E-state index in [4.69, 9.17) is 5.73 Å². The lowest BCUT2D eigenvalue weighted by Gasteiger charge is -2.18. The number of nitrogen functional groups attached to an aromatic ring is 1. The van der Waals surface area contributed by atoms with Gasteiger partial charge in [-0.2, -0.15) is 5.10 Å². The molecule has 3 rings (SSSR count). The van der Waals surface area contributed by atoms with Gasteiger partial charge in [-0.3, -0.25) is 5.10 Å². The molecule has 0 aliphatic heterocycles. The molecule has 0 spiro atoms. The zero-order valence-electron chi connectivity index (χ0n) is 9.16. The number of hydrogen-bond acceptors (Lipinski definition) is 2. The normalized spacial score (nSPS) is 14.8. The molecule has 3 heteroatoms. The molecule has 0 amide bonds. The van der Waals surface area contributed by atoms with E-state index in [-0.39, 0.29) is 0 Å². The number of aromatic nitrogens is 2. The van der Waals surface area contributed by atoms with Crippen LogP contribution in [0.4, 0.5) is 5.69 Å². The van der Waals surface area contributed by atoms with Gasteiger partial charge in [0, 0.05) is 5.56 Å². The Hall–Kier alpha value is -1.77. The Morgan fingerprint density at radius 2 is 2.06 bits per heavy atom. The van der Waals surface area contributed by atoms with Gasteiger partial charge in [0.2, 0.25) is 0 Å². The maximum absolute atomic E-state index is 5.91. The van der Waals surface area contributed by atoms with Crippen molar-refractivity contribution in [1.29, 1.82) is 0 Å². The summed E-state index contributed by atoms with van der Waals surface area (Å²) in [6.07, 6.45) is 6.60. The summed E-state index contributed by atoms with van der Waals surface area (Å²) in [5.41, 5.74) is 11.8. The first-order valence-electron chi connectivity index (χ1n) is 5.76. The number of nitrogens with two attached hydrogens (primary N) is 1. The van der Waals surface area contributed by atoms with E-state index in [0.717, 1.165) is 17.8 Å². The topological polar surface area (TPSA) is 54.7 Å². The Kier molecular flexibility index (Phi) is 2.17. The highest BCUT2D eigenvalue weighted by molar-refractivity contribution is 5.75. The molecular weight excluding hydrogens is 198 g/mol. The van der Waals surface area contributed by atoms with Crippen molar-refractivity contribution in [2.75, 3.05) is 5.73 Å². The quantitative estimate of drug-likeness (QED) is 0.764. The molecule has 82 valence electrons. The van der Waals surface area contributed by atoms with Crippen molar-refractivity contribution in [3.8, 4) is 11.3 Å². The van der Waals surface area contributed by atoms with Crippen LogP contribution in [-0.4, -0.2) is 10.2 Å². The minimum absolute atomic E-state index is 0.735. The Bertz CT molecular complexity index is 514. The van der Waals surface area contributed by atoms with Gasteiger partial charge in [-0.15, -0.1) is 0 Å². The summed E-state index contributed by atoms with van der Waals surface area (Å²) in [5, 5.41) is 6.99. The second kappa shape index (κ2) is 3.67. The summed E-state index contributed by atoms with van der Waals surface area (Å²) in [5.74, 6) is 0. The molecule has 0 bridgehead atoms. The third-order valence-corrected chi connectivity index (χ3v) is 3.33. The Labute approximate surface area is 94.7 Å². The van der Waals surface area contributed by atoms with Crippen molar-refractivity contribution in [3.05, 3.63) is 35.5 Å². The molecule has 3 nitrogen and oxygen atoms in total. The second-order valence-electron chi connectivity index (χ2n) is 4.35. The van der Waals surface area contributed by atoms with Gasteiger partial charge in [0.05, 0.1) is 17.6 Å². The Morgan fingerprint density at radius 1 is 1.19 bits per heavy atom. The van der Waals surface area contributed by atoms with E-state index in [2.05, 4.69) is 28.4 Å². The van der Waals surface area contributed by atoms with Crippen LogP contribution in [0, 0.1) is 0 Å². The van der Waals surface area contributed by atoms with E-state index in [1.807, 2.05) is 0 Å². The summed E-state index contributed by atoms with van der Waals surface area (Å²) in [6.45, 7) is 0. The third-order valence-electron chi connectivity index (χ3n) is 3.33. The van der Waals surface area contributed by atoms with E-state index in [0.29, 0.717) is 0 Å². The van der Waals surface area contributed by atoms with Gasteiger partial charge in [-0.05, 0) is 36.8 Å². The highest BCUT2D eigenvalue weighted by atomic mass is 15.1. The number of hydrogen-bond donors (Lipinski definition) is 2. The van der Waals surface area contributed by atoms with E-state index < -0.39 is 0 Å². The molecule has 16 heavy (non-hydrogen) atoms. The minimum atomic E-state index is 0.735. The van der Waals surface area contributed by atoms with Crippen molar-refractivity contribution < 1.29 is 0 Å². The molecule has 1 aliphatic rings. The second-order valence-corrected chi connectivity index (χ2v) is 4.35. The van der Waals surface area contributed by atoms with Crippen molar-refractivity contribution in [1.82, 2.24) is 10.2 Å². The predicted octanol–water partition coefficient (Wildman–Crippen LogP) is 2.54. The molecule has 1 aliphatic carbocycles. The fourth-order valence-electron chi connectivity index (χ4n) is 2.53. The molecule has 1 heterocycles. The molecule has 0 atom stereocenters. The number of nitrogens with zero attached hydrogens (tertiary/aromatic N) is 1. The van der Waals surface area contributed by atoms with Gasteiger partial charge in [0.15, 0.2) is 0 Å². The molecule has 0 radical (unpaired) electrons. The minimum Gasteiger partial charge on any atom is -0.396 e. The van der Waals surface area contributed by atoms with Gasteiger partial charge >= 0.3 is 0 Å². The highest BCUT2D eigenvalue weighted by Gasteiger charge is 2.15. The van der Waals surface area contributed by atoms with Gasteiger partial charge in [-0.25, -0.2) is 0 Å². The SMILES string of the molecule is Nc1cn[nH]c1-c1cccc2c1CCCC2. The van der Waals surface area contributed by atoms with Crippen LogP contribution in [0.5, 0.6) is 0 Å². The van der Waals surface area contributed by atoms with E-state index in [9.17, 15) is 0 Å². The lowest BCUT2D eigenvalue weighted by atomic mass is 9.87. The predicted molar refractivity (Wildman–Crippen MR) is 65.1 cm³/mol. The molecule has 1 aromatic carbocycles. The lowest BCUT2D eigenvalue weighted by molar-refractivity contribution is 0.686. The van der Waals surface area contributed by atoms with Crippen LogP contribution >= 0.6 is 0 Å². The third kappa shape index (κ3) is 1.40. The number of fused-ring (bicyclic) bond motifs is 1. The van der Waals surface area contributed by atoms with Crippen LogP contribution in [0.2, 0.25) is 0 Å². The molecule has 0 saturated carbocycles. The highest BCUT2D eigenvalue weighted by Crippen LogP contribution is 2.32. The number of aryl methyl sites for hydroxylation is 1. The van der Waals surface area contributed by atoms with Crippen LogP contribution in [-0.2, 0) is 12.8 Å². The van der Waals surface area contributed by atoms with Gasteiger partial charge in [0.1, 0.15) is 0 Å². The fourth-order valence-corrected chi connectivity index (χ4v) is 2.53. The van der Waals surface area contributed by atoms with Gasteiger partial charge in [-0.1, -0.05) is 18.2 Å². The summed E-state index contributed by atoms with van der Waals surface area (Å²) in [6, 6.07) is 6.47. The smallest absolute Gasteiger partial charge is 0.0882 e. The largest absolute Gasteiger partial charge is 0.396 e. The zero-order valence-corrected chi connectivity index (χ0v) is 9.16. The molecule has 1 aromatic heterocycles. The van der Waals surface area contributed by atoms with E-state index >= 15 is 0 Å². The van der Waals surface area contributed by atoms with Crippen LogP contribution < -0.4 is 5.73 Å². The average molecular weight is 213 g/mol. The maximum Gasteiger partial charge on any atom is 0.0882 e. The monoisotopic (exact) mass is 213 g/mol. The van der Waals surface area contributed by atoms with Crippen LogP contribution in [0.15, 0.2) is 24.4 Å². The number of aromatic amines is 1. The van der Waals surface area contributed by atoms with Gasteiger partial charge < -0.3 is 5.73 Å².